The zero-order chi connectivity index (χ0) is 20.7. The first-order valence-electron chi connectivity index (χ1n) is 8.89. The quantitative estimate of drug-likeness (QED) is 0.300. The van der Waals surface area contributed by atoms with Crippen LogP contribution in [0.5, 0.6) is 5.75 Å². The first kappa shape index (κ1) is 21.2. The number of carbonyl (C=O) groups is 4. The van der Waals surface area contributed by atoms with Crippen molar-refractivity contribution in [2.45, 2.75) is 43.8 Å². The van der Waals surface area contributed by atoms with Gasteiger partial charge < -0.3 is 31.9 Å². The van der Waals surface area contributed by atoms with Crippen LogP contribution < -0.4 is 21.7 Å². The number of aliphatic carboxylic acids is 1. The summed E-state index contributed by atoms with van der Waals surface area (Å²) in [5.41, 5.74) is 5.68. The molecule has 1 aliphatic heterocycles. The number of amides is 3. The van der Waals surface area contributed by atoms with Gasteiger partial charge in [-0.05, 0) is 37.1 Å². The fourth-order valence-electron chi connectivity index (χ4n) is 2.93. The Hall–Kier alpha value is -3.14. The standard InChI is InChI=1S/C18H24N4O6/c19-15(24)9-14(18(27)28)22-17(26)13(8-10-3-5-11(23)6-4-10)21-16(25)12-2-1-7-20-12/h3-6,12-14,20,23H,1-2,7-9H2,(H2,19,24)(H,21,25)(H,22,26)(H,27,28). The smallest absolute Gasteiger partial charge is 0.326 e. The highest BCUT2D eigenvalue weighted by molar-refractivity contribution is 5.93. The number of benzene rings is 1. The summed E-state index contributed by atoms with van der Waals surface area (Å²) >= 11 is 0. The van der Waals surface area contributed by atoms with Crippen molar-refractivity contribution in [1.82, 2.24) is 16.0 Å². The number of carbonyl (C=O) groups excluding carboxylic acids is 3. The molecule has 3 amide bonds. The number of phenolic OH excluding ortho intramolecular Hbond substituents is 1. The van der Waals surface area contributed by atoms with Crippen LogP contribution in [-0.2, 0) is 25.6 Å². The molecule has 3 atom stereocenters. The number of rotatable bonds is 9. The lowest BCUT2D eigenvalue weighted by atomic mass is 10.0. The van der Waals surface area contributed by atoms with Gasteiger partial charge >= 0.3 is 5.97 Å². The number of hydrogen-bond acceptors (Lipinski definition) is 6. The second kappa shape index (κ2) is 9.70. The van der Waals surface area contributed by atoms with Crippen LogP contribution in [0.25, 0.3) is 0 Å². The van der Waals surface area contributed by atoms with Crippen molar-refractivity contribution in [3.8, 4) is 5.75 Å². The molecular weight excluding hydrogens is 368 g/mol. The van der Waals surface area contributed by atoms with Gasteiger partial charge in [-0.25, -0.2) is 4.79 Å². The number of carboxylic acid groups (broad SMARTS) is 1. The Balaban J connectivity index is 2.13. The topological polar surface area (TPSA) is 171 Å². The molecule has 1 aromatic rings. The van der Waals surface area contributed by atoms with Crippen molar-refractivity contribution in [2.24, 2.45) is 5.73 Å². The van der Waals surface area contributed by atoms with Crippen molar-refractivity contribution in [2.75, 3.05) is 6.54 Å². The number of nitrogens with two attached hydrogens (primary N) is 1. The Morgan fingerprint density at radius 2 is 1.82 bits per heavy atom. The zero-order valence-corrected chi connectivity index (χ0v) is 15.2. The van der Waals surface area contributed by atoms with Gasteiger partial charge in [-0.15, -0.1) is 0 Å². The van der Waals surface area contributed by atoms with Crippen LogP contribution in [0.1, 0.15) is 24.8 Å². The number of phenols is 1. The van der Waals surface area contributed by atoms with E-state index < -0.39 is 42.3 Å². The number of carboxylic acids is 1. The molecule has 1 aromatic carbocycles. The average Bonchev–Trinajstić information content (AvgIpc) is 3.16. The summed E-state index contributed by atoms with van der Waals surface area (Å²) in [4.78, 5) is 47.4. The van der Waals surface area contributed by atoms with E-state index in [0.717, 1.165) is 6.42 Å². The molecular formula is C18H24N4O6. The zero-order valence-electron chi connectivity index (χ0n) is 15.2. The molecule has 1 saturated heterocycles. The summed E-state index contributed by atoms with van der Waals surface area (Å²) in [6.45, 7) is 0.701. The van der Waals surface area contributed by atoms with Crippen LogP contribution >= 0.6 is 0 Å². The maximum Gasteiger partial charge on any atom is 0.326 e. The Morgan fingerprint density at radius 1 is 1.14 bits per heavy atom. The lowest BCUT2D eigenvalue weighted by molar-refractivity contribution is -0.143. The number of aromatic hydroxyl groups is 1. The number of primary amides is 1. The molecule has 1 heterocycles. The van der Waals surface area contributed by atoms with Crippen molar-refractivity contribution >= 4 is 23.7 Å². The van der Waals surface area contributed by atoms with E-state index >= 15 is 0 Å². The minimum atomic E-state index is -1.49. The van der Waals surface area contributed by atoms with Gasteiger partial charge in [-0.3, -0.25) is 14.4 Å². The molecule has 1 aliphatic rings. The Bertz CT molecular complexity index is 730. The number of nitrogens with one attached hydrogen (secondary N) is 3. The predicted octanol–water partition coefficient (Wildman–Crippen LogP) is -1.38. The second-order valence-corrected chi connectivity index (χ2v) is 6.65. The summed E-state index contributed by atoms with van der Waals surface area (Å²) in [7, 11) is 0. The van der Waals surface area contributed by atoms with Gasteiger partial charge in [0.25, 0.3) is 0 Å². The van der Waals surface area contributed by atoms with Crippen LogP contribution in [0, 0.1) is 0 Å². The maximum absolute atomic E-state index is 12.7. The molecule has 2 rings (SSSR count). The van der Waals surface area contributed by atoms with Crippen molar-refractivity contribution in [1.29, 1.82) is 0 Å². The van der Waals surface area contributed by atoms with E-state index in [-0.39, 0.29) is 18.1 Å². The van der Waals surface area contributed by atoms with Gasteiger partial charge in [0.05, 0.1) is 12.5 Å². The van der Waals surface area contributed by atoms with Gasteiger partial charge in [-0.2, -0.15) is 0 Å². The van der Waals surface area contributed by atoms with Crippen molar-refractivity contribution in [3.05, 3.63) is 29.8 Å². The minimum Gasteiger partial charge on any atom is -0.508 e. The van der Waals surface area contributed by atoms with E-state index in [0.29, 0.717) is 18.5 Å². The lowest BCUT2D eigenvalue weighted by Crippen LogP contribution is -2.55. The van der Waals surface area contributed by atoms with Crippen molar-refractivity contribution < 1.29 is 29.4 Å². The molecule has 0 spiro atoms. The van der Waals surface area contributed by atoms with Crippen molar-refractivity contribution in [3.63, 3.8) is 0 Å². The van der Waals surface area contributed by atoms with E-state index in [1.807, 2.05) is 0 Å². The first-order chi connectivity index (χ1) is 13.3. The van der Waals surface area contributed by atoms with E-state index in [1.165, 1.54) is 12.1 Å². The van der Waals surface area contributed by atoms with Gasteiger partial charge in [0.2, 0.25) is 17.7 Å². The van der Waals surface area contributed by atoms with Crippen LogP contribution in [0.15, 0.2) is 24.3 Å². The fraction of sp³-hybridized carbons (Fsp3) is 0.444. The molecule has 0 bridgehead atoms. The van der Waals surface area contributed by atoms with Crippen LogP contribution in [0.2, 0.25) is 0 Å². The highest BCUT2D eigenvalue weighted by Crippen LogP contribution is 2.12. The largest absolute Gasteiger partial charge is 0.508 e. The Labute approximate surface area is 161 Å². The Morgan fingerprint density at radius 3 is 2.36 bits per heavy atom. The minimum absolute atomic E-state index is 0.0522. The molecule has 3 unspecified atom stereocenters. The molecule has 0 saturated carbocycles. The normalized spacial score (nSPS) is 18.1. The third kappa shape index (κ3) is 6.23. The lowest BCUT2D eigenvalue weighted by Gasteiger charge is -2.22. The molecule has 10 heteroatoms. The molecule has 10 nitrogen and oxygen atoms in total. The molecule has 0 aliphatic carbocycles. The fourth-order valence-corrected chi connectivity index (χ4v) is 2.93. The molecule has 7 N–H and O–H groups in total. The van der Waals surface area contributed by atoms with E-state index in [2.05, 4.69) is 16.0 Å². The SMILES string of the molecule is NC(=O)CC(NC(=O)C(Cc1ccc(O)cc1)NC(=O)C1CCCN1)C(=O)O. The van der Waals surface area contributed by atoms with Crippen LogP contribution in [0.3, 0.4) is 0 Å². The second-order valence-electron chi connectivity index (χ2n) is 6.65. The highest BCUT2D eigenvalue weighted by Gasteiger charge is 2.30. The molecule has 28 heavy (non-hydrogen) atoms. The highest BCUT2D eigenvalue weighted by atomic mass is 16.4. The van der Waals surface area contributed by atoms with Gasteiger partial charge in [0.15, 0.2) is 0 Å². The molecule has 152 valence electrons. The Kier molecular flexibility index (Phi) is 7.33. The summed E-state index contributed by atoms with van der Waals surface area (Å²) < 4.78 is 0. The molecule has 0 radical (unpaired) electrons. The first-order valence-corrected chi connectivity index (χ1v) is 8.89. The van der Waals surface area contributed by atoms with E-state index in [1.54, 1.807) is 12.1 Å². The summed E-state index contributed by atoms with van der Waals surface area (Å²) in [6.07, 6.45) is 0.990. The maximum atomic E-state index is 12.7. The molecule has 0 aromatic heterocycles. The third-order valence-electron chi connectivity index (χ3n) is 4.41. The number of hydrogen-bond donors (Lipinski definition) is 6. The van der Waals surface area contributed by atoms with Gasteiger partial charge in [0, 0.05) is 6.42 Å². The average molecular weight is 392 g/mol. The predicted molar refractivity (Wildman–Crippen MR) is 98.1 cm³/mol. The van der Waals surface area contributed by atoms with E-state index in [4.69, 9.17) is 5.73 Å². The van der Waals surface area contributed by atoms with Crippen LogP contribution in [-0.4, -0.2) is 58.6 Å². The van der Waals surface area contributed by atoms with Gasteiger partial charge in [-0.1, -0.05) is 12.1 Å². The monoisotopic (exact) mass is 392 g/mol. The summed E-state index contributed by atoms with van der Waals surface area (Å²) in [5, 5.41) is 26.5. The third-order valence-corrected chi connectivity index (χ3v) is 4.41. The van der Waals surface area contributed by atoms with Gasteiger partial charge in [0.1, 0.15) is 17.8 Å². The summed E-state index contributed by atoms with van der Waals surface area (Å²) in [5.74, 6) is -3.33. The van der Waals surface area contributed by atoms with Crippen LogP contribution in [0.4, 0.5) is 0 Å². The molecule has 1 fully saturated rings. The van der Waals surface area contributed by atoms with E-state index in [9.17, 15) is 29.4 Å². The summed E-state index contributed by atoms with van der Waals surface area (Å²) in [6, 6.07) is 3.09.